The van der Waals surface area contributed by atoms with E-state index in [2.05, 4.69) is 5.32 Å². The molecule has 0 bridgehead atoms. The number of nitro benzene ring substituents is 2. The molecule has 0 saturated heterocycles. The lowest BCUT2D eigenvalue weighted by Gasteiger charge is -2.37. The van der Waals surface area contributed by atoms with Crippen molar-refractivity contribution in [2.75, 3.05) is 5.32 Å². The van der Waals surface area contributed by atoms with Gasteiger partial charge in [-0.2, -0.15) is 0 Å². The normalized spacial score (nSPS) is 23.0. The summed E-state index contributed by atoms with van der Waals surface area (Å²) >= 11 is 6.33. The molecule has 132 valence electrons. The number of allylic oxidation sites excluding steroid dienone is 2. The van der Waals surface area contributed by atoms with E-state index in [1.165, 1.54) is 18.2 Å². The van der Waals surface area contributed by atoms with Gasteiger partial charge in [0, 0.05) is 24.1 Å². The van der Waals surface area contributed by atoms with Crippen molar-refractivity contribution in [3.05, 3.63) is 84.9 Å². The van der Waals surface area contributed by atoms with E-state index in [1.54, 1.807) is 12.1 Å². The summed E-state index contributed by atoms with van der Waals surface area (Å²) < 4.78 is 0. The van der Waals surface area contributed by atoms with Gasteiger partial charge >= 0.3 is 0 Å². The molecule has 7 nitrogen and oxygen atoms in total. The number of nitrogens with zero attached hydrogens (tertiary/aromatic N) is 2. The highest BCUT2D eigenvalue weighted by Crippen LogP contribution is 2.54. The molecule has 26 heavy (non-hydrogen) atoms. The molecule has 0 aromatic heterocycles. The van der Waals surface area contributed by atoms with Crippen molar-refractivity contribution < 1.29 is 9.85 Å². The third-order valence-electron chi connectivity index (χ3n) is 5.08. The van der Waals surface area contributed by atoms with Crippen LogP contribution in [-0.2, 0) is 0 Å². The van der Waals surface area contributed by atoms with Gasteiger partial charge in [0.2, 0.25) is 0 Å². The fourth-order valence-electron chi connectivity index (χ4n) is 3.98. The fourth-order valence-corrected chi connectivity index (χ4v) is 4.19. The maximum Gasteiger partial charge on any atom is 0.275 e. The summed E-state index contributed by atoms with van der Waals surface area (Å²) in [7, 11) is 0. The molecule has 1 N–H and O–H groups in total. The van der Waals surface area contributed by atoms with Crippen LogP contribution in [0, 0.1) is 26.1 Å². The minimum Gasteiger partial charge on any atom is -0.376 e. The number of benzene rings is 2. The standard InChI is InChI=1S/C18H14ClN3O4/c19-14-7-8-15(22(25)26)16-12-5-2-6-13(12)17(20-18(14)16)10-3-1-4-11(9-10)21(23)24/h1-5,7-9,12-13,17,20H,6H2/t12-,13-,17-/m0/s1. The summed E-state index contributed by atoms with van der Waals surface area (Å²) in [5.74, 6) is -0.128. The van der Waals surface area contributed by atoms with Gasteiger partial charge in [0.1, 0.15) is 0 Å². The number of non-ortho nitro benzene ring substituents is 1. The molecule has 0 spiro atoms. The molecule has 0 fully saturated rings. The van der Waals surface area contributed by atoms with Gasteiger partial charge in [-0.05, 0) is 24.0 Å². The van der Waals surface area contributed by atoms with Crippen LogP contribution in [0.25, 0.3) is 0 Å². The van der Waals surface area contributed by atoms with Crippen LogP contribution in [-0.4, -0.2) is 9.85 Å². The lowest BCUT2D eigenvalue weighted by atomic mass is 9.76. The summed E-state index contributed by atoms with van der Waals surface area (Å²) in [6, 6.07) is 9.19. The molecule has 0 radical (unpaired) electrons. The maximum atomic E-state index is 11.5. The van der Waals surface area contributed by atoms with Gasteiger partial charge in [0.15, 0.2) is 0 Å². The number of hydrogen-bond acceptors (Lipinski definition) is 5. The largest absolute Gasteiger partial charge is 0.376 e. The first kappa shape index (κ1) is 16.5. The molecule has 1 heterocycles. The van der Waals surface area contributed by atoms with E-state index >= 15 is 0 Å². The van der Waals surface area contributed by atoms with Crippen molar-refractivity contribution in [3.8, 4) is 0 Å². The predicted octanol–water partition coefficient (Wildman–Crippen LogP) is 4.98. The minimum atomic E-state index is -0.428. The molecule has 1 aliphatic heterocycles. The molecule has 1 aliphatic carbocycles. The number of nitro groups is 2. The van der Waals surface area contributed by atoms with Crippen LogP contribution >= 0.6 is 11.6 Å². The SMILES string of the molecule is O=[N+]([O-])c1cccc([C@@H]2Nc3c(Cl)ccc([N+](=O)[O-])c3[C@H]3C=CC[C@@H]32)c1. The number of rotatable bonds is 3. The summed E-state index contributed by atoms with van der Waals surface area (Å²) in [6.45, 7) is 0. The van der Waals surface area contributed by atoms with E-state index in [0.717, 1.165) is 12.0 Å². The summed E-state index contributed by atoms with van der Waals surface area (Å²) in [6.07, 6.45) is 4.70. The zero-order valence-corrected chi connectivity index (χ0v) is 14.2. The highest BCUT2D eigenvalue weighted by atomic mass is 35.5. The Kier molecular flexibility index (Phi) is 3.88. The van der Waals surface area contributed by atoms with Crippen LogP contribution in [0.15, 0.2) is 48.6 Å². The molecule has 0 amide bonds. The van der Waals surface area contributed by atoms with E-state index in [0.29, 0.717) is 16.3 Å². The third-order valence-corrected chi connectivity index (χ3v) is 5.40. The Bertz CT molecular complexity index is 959. The molecule has 4 rings (SSSR count). The first-order valence-corrected chi connectivity index (χ1v) is 8.49. The van der Waals surface area contributed by atoms with Crippen molar-refractivity contribution >= 4 is 28.7 Å². The topological polar surface area (TPSA) is 98.3 Å². The molecule has 0 unspecified atom stereocenters. The molecular weight excluding hydrogens is 358 g/mol. The van der Waals surface area contributed by atoms with Crippen LogP contribution < -0.4 is 5.32 Å². The maximum absolute atomic E-state index is 11.5. The summed E-state index contributed by atoms with van der Waals surface area (Å²) in [4.78, 5) is 21.8. The van der Waals surface area contributed by atoms with Crippen LogP contribution in [0.5, 0.6) is 0 Å². The molecule has 8 heteroatoms. The molecule has 3 atom stereocenters. The molecule has 2 aromatic rings. The van der Waals surface area contributed by atoms with Crippen LogP contribution in [0.3, 0.4) is 0 Å². The Hall–Kier alpha value is -2.93. The second-order valence-electron chi connectivity index (χ2n) is 6.44. The van der Waals surface area contributed by atoms with Gasteiger partial charge in [0.25, 0.3) is 11.4 Å². The quantitative estimate of drug-likeness (QED) is 0.466. The number of anilines is 1. The number of hydrogen-bond donors (Lipinski definition) is 1. The highest BCUT2D eigenvalue weighted by molar-refractivity contribution is 6.33. The monoisotopic (exact) mass is 371 g/mol. The average Bonchev–Trinajstić information content (AvgIpc) is 3.11. The average molecular weight is 372 g/mol. The van der Waals surface area contributed by atoms with Gasteiger partial charge < -0.3 is 5.32 Å². The molecule has 2 aliphatic rings. The zero-order valence-electron chi connectivity index (χ0n) is 13.5. The zero-order chi connectivity index (χ0) is 18.4. The Morgan fingerprint density at radius 3 is 2.65 bits per heavy atom. The number of nitrogens with one attached hydrogen (secondary N) is 1. The van der Waals surface area contributed by atoms with Gasteiger partial charge in [0.05, 0.1) is 32.2 Å². The predicted molar refractivity (Wildman–Crippen MR) is 97.6 cm³/mol. The molecule has 0 saturated carbocycles. The molecular formula is C18H14ClN3O4. The summed E-state index contributed by atoms with van der Waals surface area (Å²) in [5, 5.41) is 26.3. The van der Waals surface area contributed by atoms with Crippen molar-refractivity contribution in [1.29, 1.82) is 0 Å². The van der Waals surface area contributed by atoms with Gasteiger partial charge in [-0.1, -0.05) is 35.9 Å². The van der Waals surface area contributed by atoms with Crippen molar-refractivity contribution in [1.82, 2.24) is 0 Å². The lowest BCUT2D eigenvalue weighted by molar-refractivity contribution is -0.385. The van der Waals surface area contributed by atoms with Gasteiger partial charge in [-0.25, -0.2) is 0 Å². The van der Waals surface area contributed by atoms with Crippen molar-refractivity contribution in [2.45, 2.75) is 18.4 Å². The molecule has 2 aromatic carbocycles. The second-order valence-corrected chi connectivity index (χ2v) is 6.85. The summed E-state index contributed by atoms with van der Waals surface area (Å²) in [5.41, 5.74) is 1.94. The van der Waals surface area contributed by atoms with E-state index in [9.17, 15) is 20.2 Å². The second kappa shape index (κ2) is 6.10. The number of fused-ring (bicyclic) bond motifs is 3. The fraction of sp³-hybridized carbons (Fsp3) is 0.222. The van der Waals surface area contributed by atoms with Crippen molar-refractivity contribution in [3.63, 3.8) is 0 Å². The Balaban J connectivity index is 1.85. The van der Waals surface area contributed by atoms with E-state index in [4.69, 9.17) is 11.6 Å². The highest BCUT2D eigenvalue weighted by Gasteiger charge is 2.42. The Labute approximate surface area is 153 Å². The first-order chi connectivity index (χ1) is 12.5. The smallest absolute Gasteiger partial charge is 0.275 e. The minimum absolute atomic E-state index is 0.0164. The van der Waals surface area contributed by atoms with Crippen LogP contribution in [0.2, 0.25) is 5.02 Å². The number of halogens is 1. The first-order valence-electron chi connectivity index (χ1n) is 8.11. The van der Waals surface area contributed by atoms with Gasteiger partial charge in [-0.3, -0.25) is 20.2 Å². The lowest BCUT2D eigenvalue weighted by Crippen LogP contribution is -2.29. The van der Waals surface area contributed by atoms with Crippen molar-refractivity contribution in [2.24, 2.45) is 5.92 Å². The third kappa shape index (κ3) is 2.52. The van der Waals surface area contributed by atoms with E-state index in [1.807, 2.05) is 18.2 Å². The van der Waals surface area contributed by atoms with Crippen LogP contribution in [0.4, 0.5) is 17.1 Å². The van der Waals surface area contributed by atoms with E-state index < -0.39 is 9.85 Å². The van der Waals surface area contributed by atoms with E-state index in [-0.39, 0.29) is 29.3 Å². The van der Waals surface area contributed by atoms with Gasteiger partial charge in [-0.15, -0.1) is 0 Å². The van der Waals surface area contributed by atoms with Crippen LogP contribution in [0.1, 0.15) is 29.5 Å². The Morgan fingerprint density at radius 1 is 1.12 bits per heavy atom. The Morgan fingerprint density at radius 2 is 1.92 bits per heavy atom.